The number of amides is 1. The molecule has 5 atom stereocenters. The molecular weight excluding hydrogens is 467 g/mol. The van der Waals surface area contributed by atoms with Crippen molar-refractivity contribution < 1.29 is 34.3 Å². The lowest BCUT2D eigenvalue weighted by Gasteiger charge is -2.21. The van der Waals surface area contributed by atoms with Gasteiger partial charge in [-0.3, -0.25) is 18.7 Å². The summed E-state index contributed by atoms with van der Waals surface area (Å²) in [6.45, 7) is -0.101. The van der Waals surface area contributed by atoms with Gasteiger partial charge >= 0.3 is 5.69 Å². The van der Waals surface area contributed by atoms with Crippen molar-refractivity contribution in [2.24, 2.45) is 0 Å². The molecule has 0 unspecified atom stereocenters. The highest BCUT2D eigenvalue weighted by molar-refractivity contribution is 5.94. The normalized spacial score (nSPS) is 21.3. The molecule has 188 valence electrons. The number of aromatic nitrogens is 2. The summed E-state index contributed by atoms with van der Waals surface area (Å²) >= 11 is 0. The number of halogens is 1. The third-order valence-electron chi connectivity index (χ3n) is 5.70. The minimum absolute atomic E-state index is 0.00309. The van der Waals surface area contributed by atoms with Crippen molar-refractivity contribution in [2.45, 2.75) is 50.5 Å². The maximum Gasteiger partial charge on any atom is 0.333 e. The summed E-state index contributed by atoms with van der Waals surface area (Å²) in [5, 5.41) is 51.0. The molecule has 1 aromatic heterocycles. The second-order valence-electron chi connectivity index (χ2n) is 8.18. The fourth-order valence-electron chi connectivity index (χ4n) is 3.67. The van der Waals surface area contributed by atoms with E-state index in [1.54, 1.807) is 6.07 Å². The van der Waals surface area contributed by atoms with Crippen molar-refractivity contribution in [2.75, 3.05) is 13.2 Å². The van der Waals surface area contributed by atoms with Crippen LogP contribution in [0.4, 0.5) is 4.39 Å². The summed E-state index contributed by atoms with van der Waals surface area (Å²) in [5.74, 6) is -1.53. The minimum Gasteiger partial charge on any atom is -0.394 e. The standard InChI is InChI=1S/C22H25FN4O8/c1-11-8-26(19-5-15(29)18(10-28)35-19)22(34)27(21(11)33)9-17(31)16(30)7-25-20(32)12-2-3-14(23)13(4-12)6-24/h2-4,8,15-19,28-31H,5,7,9-10H2,1H3,(H,25,32)/t15-,16+,17+,18+,19+/m0/s1. The lowest BCUT2D eigenvalue weighted by Crippen LogP contribution is -2.48. The number of carbonyl (C=O) groups excluding carboxylic acids is 1. The second-order valence-corrected chi connectivity index (χ2v) is 8.18. The fraction of sp³-hybridized carbons (Fsp3) is 0.455. The topological polar surface area (TPSA) is 187 Å². The van der Waals surface area contributed by atoms with Crippen LogP contribution in [0.5, 0.6) is 0 Å². The number of nitriles is 1. The molecule has 35 heavy (non-hydrogen) atoms. The molecule has 0 aliphatic carbocycles. The van der Waals surface area contributed by atoms with Gasteiger partial charge < -0.3 is 30.5 Å². The van der Waals surface area contributed by atoms with Crippen molar-refractivity contribution in [3.8, 4) is 6.07 Å². The predicted molar refractivity (Wildman–Crippen MR) is 117 cm³/mol. The number of carbonyl (C=O) groups is 1. The molecule has 13 heteroatoms. The van der Waals surface area contributed by atoms with E-state index in [0.717, 1.165) is 22.8 Å². The molecule has 1 aromatic carbocycles. The van der Waals surface area contributed by atoms with E-state index >= 15 is 0 Å². The van der Waals surface area contributed by atoms with Crippen LogP contribution in [-0.2, 0) is 11.3 Å². The van der Waals surface area contributed by atoms with Gasteiger partial charge in [0.15, 0.2) is 0 Å². The number of aliphatic hydroxyl groups excluding tert-OH is 4. The van der Waals surface area contributed by atoms with E-state index in [-0.39, 0.29) is 23.1 Å². The fourth-order valence-corrected chi connectivity index (χ4v) is 3.67. The summed E-state index contributed by atoms with van der Waals surface area (Å²) in [6.07, 6.45) is -4.84. The Morgan fingerprint density at radius 1 is 1.34 bits per heavy atom. The van der Waals surface area contributed by atoms with E-state index in [1.807, 2.05) is 0 Å². The van der Waals surface area contributed by atoms with E-state index in [1.165, 1.54) is 13.1 Å². The highest BCUT2D eigenvalue weighted by Crippen LogP contribution is 2.27. The van der Waals surface area contributed by atoms with Crippen molar-refractivity contribution in [3.63, 3.8) is 0 Å². The first-order valence-electron chi connectivity index (χ1n) is 10.7. The molecule has 0 radical (unpaired) electrons. The number of benzene rings is 1. The molecule has 0 spiro atoms. The molecule has 1 aliphatic rings. The maximum absolute atomic E-state index is 13.4. The van der Waals surface area contributed by atoms with Crippen LogP contribution < -0.4 is 16.6 Å². The summed E-state index contributed by atoms with van der Waals surface area (Å²) < 4.78 is 20.7. The van der Waals surface area contributed by atoms with E-state index in [0.29, 0.717) is 4.57 Å². The number of aryl methyl sites for hydroxylation is 1. The Morgan fingerprint density at radius 3 is 2.69 bits per heavy atom. The number of nitrogens with one attached hydrogen (secondary N) is 1. The third-order valence-corrected chi connectivity index (χ3v) is 5.70. The molecule has 2 heterocycles. The van der Waals surface area contributed by atoms with Gasteiger partial charge in [-0.15, -0.1) is 0 Å². The molecule has 12 nitrogen and oxygen atoms in total. The van der Waals surface area contributed by atoms with Crippen LogP contribution in [0.15, 0.2) is 34.0 Å². The minimum atomic E-state index is -1.64. The van der Waals surface area contributed by atoms with Crippen molar-refractivity contribution >= 4 is 5.91 Å². The highest BCUT2D eigenvalue weighted by Gasteiger charge is 2.35. The summed E-state index contributed by atoms with van der Waals surface area (Å²) in [6, 6.07) is 4.73. The van der Waals surface area contributed by atoms with Gasteiger partial charge in [0.1, 0.15) is 24.2 Å². The largest absolute Gasteiger partial charge is 0.394 e. The molecule has 0 saturated carbocycles. The molecule has 1 saturated heterocycles. The number of hydrogen-bond acceptors (Lipinski definition) is 9. The second kappa shape index (κ2) is 10.9. The van der Waals surface area contributed by atoms with E-state index in [9.17, 15) is 39.2 Å². The van der Waals surface area contributed by atoms with Crippen molar-refractivity contribution in [3.05, 3.63) is 67.7 Å². The quantitative estimate of drug-likeness (QED) is 0.281. The maximum atomic E-state index is 13.4. The molecule has 1 amide bonds. The number of aliphatic hydroxyl groups is 4. The number of nitrogens with zero attached hydrogens (tertiary/aromatic N) is 3. The van der Waals surface area contributed by atoms with Crippen molar-refractivity contribution in [1.29, 1.82) is 5.26 Å². The zero-order valence-corrected chi connectivity index (χ0v) is 18.7. The van der Waals surface area contributed by atoms with E-state index in [2.05, 4.69) is 5.32 Å². The van der Waals surface area contributed by atoms with Gasteiger partial charge in [0.2, 0.25) is 0 Å². The van der Waals surface area contributed by atoms with Crippen LogP contribution in [0.3, 0.4) is 0 Å². The van der Waals surface area contributed by atoms with Gasteiger partial charge in [-0.1, -0.05) is 0 Å². The summed E-state index contributed by atoms with van der Waals surface area (Å²) in [5.41, 5.74) is -1.81. The highest BCUT2D eigenvalue weighted by atomic mass is 19.1. The first kappa shape index (κ1) is 26.2. The van der Waals surface area contributed by atoms with Gasteiger partial charge in [-0.25, -0.2) is 9.18 Å². The first-order valence-corrected chi connectivity index (χ1v) is 10.7. The lowest BCUT2D eigenvalue weighted by atomic mass is 10.1. The summed E-state index contributed by atoms with van der Waals surface area (Å²) in [7, 11) is 0. The first-order chi connectivity index (χ1) is 16.6. The molecule has 5 N–H and O–H groups in total. The van der Waals surface area contributed by atoms with Crippen LogP contribution in [-0.4, -0.2) is 73.0 Å². The Hall–Kier alpha value is -3.41. The van der Waals surface area contributed by atoms with Gasteiger partial charge in [-0.2, -0.15) is 5.26 Å². The van der Waals surface area contributed by atoms with Crippen molar-refractivity contribution in [1.82, 2.24) is 14.5 Å². The Kier molecular flexibility index (Phi) is 8.15. The smallest absolute Gasteiger partial charge is 0.333 e. The Labute approximate surface area is 198 Å². The zero-order chi connectivity index (χ0) is 25.9. The SMILES string of the molecule is Cc1cn([C@H]2C[C@H](O)[C@@H](CO)O2)c(=O)n(C[C@@H](O)[C@H](O)CNC(=O)c2ccc(F)c(C#N)c2)c1=O. The van der Waals surface area contributed by atoms with Crippen LogP contribution >= 0.6 is 0 Å². The number of rotatable bonds is 8. The van der Waals surface area contributed by atoms with Crippen LogP contribution in [0.1, 0.15) is 34.1 Å². The number of hydrogen-bond donors (Lipinski definition) is 5. The molecule has 1 aliphatic heterocycles. The van der Waals surface area contributed by atoms with Gasteiger partial charge in [-0.05, 0) is 25.1 Å². The lowest BCUT2D eigenvalue weighted by molar-refractivity contribution is -0.0468. The molecule has 2 aromatic rings. The molecule has 0 bridgehead atoms. The van der Waals surface area contributed by atoms with Gasteiger partial charge in [0.25, 0.3) is 11.5 Å². The average Bonchev–Trinajstić information content (AvgIpc) is 3.22. The predicted octanol–water partition coefficient (Wildman–Crippen LogP) is -1.88. The van der Waals surface area contributed by atoms with Crippen LogP contribution in [0, 0.1) is 24.1 Å². The Morgan fingerprint density at radius 2 is 2.06 bits per heavy atom. The monoisotopic (exact) mass is 492 g/mol. The van der Waals surface area contributed by atoms with Gasteiger partial charge in [0, 0.05) is 30.3 Å². The van der Waals surface area contributed by atoms with Crippen LogP contribution in [0.2, 0.25) is 0 Å². The molecular formula is C22H25FN4O8. The van der Waals surface area contributed by atoms with E-state index < -0.39 is 73.3 Å². The molecule has 3 rings (SSSR count). The average molecular weight is 492 g/mol. The Bertz CT molecular complexity index is 1250. The van der Waals surface area contributed by atoms with Crippen LogP contribution in [0.25, 0.3) is 0 Å². The third kappa shape index (κ3) is 5.64. The summed E-state index contributed by atoms with van der Waals surface area (Å²) in [4.78, 5) is 37.7. The van der Waals surface area contributed by atoms with E-state index in [4.69, 9.17) is 10.00 Å². The Balaban J connectivity index is 1.71. The molecule has 1 fully saturated rings. The van der Waals surface area contributed by atoms with Gasteiger partial charge in [0.05, 0.1) is 37.0 Å². The zero-order valence-electron chi connectivity index (χ0n) is 18.7. The number of ether oxygens (including phenoxy) is 1.